The maximum atomic E-state index is 14.1. The van der Waals surface area contributed by atoms with Gasteiger partial charge in [0.1, 0.15) is 5.82 Å². The van der Waals surface area contributed by atoms with Crippen LogP contribution in [0.4, 0.5) is 10.1 Å². The number of anilines is 1. The number of hydrogen-bond acceptors (Lipinski definition) is 4. The van der Waals surface area contributed by atoms with Crippen LogP contribution in [0, 0.1) is 12.7 Å². The summed E-state index contributed by atoms with van der Waals surface area (Å²) in [7, 11) is 0. The maximum Gasteiger partial charge on any atom is 0.251 e. The van der Waals surface area contributed by atoms with Crippen LogP contribution in [0.2, 0.25) is 0 Å². The van der Waals surface area contributed by atoms with E-state index in [1.165, 1.54) is 23.3 Å². The van der Waals surface area contributed by atoms with Crippen molar-refractivity contribution >= 4 is 17.5 Å². The summed E-state index contributed by atoms with van der Waals surface area (Å²) in [5.41, 5.74) is 2.59. The molecule has 0 spiro atoms. The normalized spacial score (nSPS) is 21.5. The number of halogens is 1. The van der Waals surface area contributed by atoms with Gasteiger partial charge in [0.2, 0.25) is 5.91 Å². The van der Waals surface area contributed by atoms with E-state index in [-0.39, 0.29) is 23.9 Å². The molecule has 6 heteroatoms. The molecule has 0 unspecified atom stereocenters. The quantitative estimate of drug-likeness (QED) is 0.764. The van der Waals surface area contributed by atoms with Crippen molar-refractivity contribution < 1.29 is 14.0 Å². The molecule has 2 amide bonds. The second kappa shape index (κ2) is 7.81. The first-order valence-corrected chi connectivity index (χ1v) is 9.66. The Morgan fingerprint density at radius 2 is 1.75 bits per heavy atom. The first kappa shape index (κ1) is 18.8. The minimum atomic E-state index is -0.548. The molecule has 0 saturated carbocycles. The lowest BCUT2D eigenvalue weighted by molar-refractivity contribution is -0.123. The molecule has 2 aliphatic heterocycles. The molecule has 0 N–H and O–H groups in total. The molecule has 0 aliphatic carbocycles. The molecule has 2 aromatic carbocycles. The summed E-state index contributed by atoms with van der Waals surface area (Å²) in [6.07, 6.45) is 0.116. The highest BCUT2D eigenvalue weighted by atomic mass is 19.1. The molecule has 5 nitrogen and oxygen atoms in total. The van der Waals surface area contributed by atoms with Crippen molar-refractivity contribution in [3.63, 3.8) is 0 Å². The minimum Gasteiger partial charge on any atom is -0.297 e. The molecule has 2 fully saturated rings. The van der Waals surface area contributed by atoms with Gasteiger partial charge in [-0.15, -0.1) is 0 Å². The van der Waals surface area contributed by atoms with Crippen LogP contribution >= 0.6 is 0 Å². The number of carbonyl (C=O) groups is 2. The molecule has 1 atom stereocenters. The number of piperazine rings is 1. The van der Waals surface area contributed by atoms with E-state index in [9.17, 15) is 14.0 Å². The van der Waals surface area contributed by atoms with Gasteiger partial charge in [-0.1, -0.05) is 42.0 Å². The molecule has 2 aliphatic rings. The van der Waals surface area contributed by atoms with Crippen LogP contribution in [0.25, 0.3) is 0 Å². The summed E-state index contributed by atoms with van der Waals surface area (Å²) in [6, 6.07) is 13.9. The number of para-hydroxylation sites is 1. The number of nitrogens with zero attached hydrogens (tertiary/aromatic N) is 3. The molecular weight excluding hydrogens is 357 g/mol. The van der Waals surface area contributed by atoms with E-state index in [1.807, 2.05) is 0 Å². The highest BCUT2D eigenvalue weighted by Crippen LogP contribution is 2.28. The van der Waals surface area contributed by atoms with Gasteiger partial charge in [0, 0.05) is 32.7 Å². The Bertz CT molecular complexity index is 893. The smallest absolute Gasteiger partial charge is 0.251 e. The lowest BCUT2D eigenvalue weighted by atomic mass is 10.1. The number of hydrogen-bond donors (Lipinski definition) is 0. The Morgan fingerprint density at radius 1 is 1.00 bits per heavy atom. The predicted molar refractivity (Wildman–Crippen MR) is 105 cm³/mol. The van der Waals surface area contributed by atoms with Crippen molar-refractivity contribution in [3.05, 3.63) is 65.5 Å². The van der Waals surface area contributed by atoms with Gasteiger partial charge in [0.05, 0.1) is 18.2 Å². The van der Waals surface area contributed by atoms with E-state index in [1.54, 1.807) is 12.1 Å². The van der Waals surface area contributed by atoms with Gasteiger partial charge in [-0.05, 0) is 24.6 Å². The highest BCUT2D eigenvalue weighted by molar-refractivity contribution is 6.22. The fraction of sp³-hybridized carbons (Fsp3) is 0.364. The van der Waals surface area contributed by atoms with Gasteiger partial charge in [0.15, 0.2) is 0 Å². The van der Waals surface area contributed by atoms with Crippen LogP contribution in [-0.4, -0.2) is 53.8 Å². The fourth-order valence-electron chi connectivity index (χ4n) is 4.09. The third-order valence-electron chi connectivity index (χ3n) is 5.55. The first-order chi connectivity index (χ1) is 13.5. The van der Waals surface area contributed by atoms with Crippen molar-refractivity contribution in [2.24, 2.45) is 0 Å². The van der Waals surface area contributed by atoms with Crippen LogP contribution in [-0.2, 0) is 16.1 Å². The number of benzene rings is 2. The van der Waals surface area contributed by atoms with Gasteiger partial charge in [-0.3, -0.25) is 19.4 Å². The van der Waals surface area contributed by atoms with Crippen molar-refractivity contribution in [3.8, 4) is 0 Å². The Hall–Kier alpha value is -2.57. The van der Waals surface area contributed by atoms with Crippen LogP contribution < -0.4 is 4.90 Å². The molecule has 0 aromatic heterocycles. The van der Waals surface area contributed by atoms with E-state index in [0.29, 0.717) is 0 Å². The van der Waals surface area contributed by atoms with E-state index >= 15 is 0 Å². The second-order valence-corrected chi connectivity index (χ2v) is 7.54. The number of carbonyl (C=O) groups excluding carboxylic acids is 2. The van der Waals surface area contributed by atoms with E-state index < -0.39 is 11.9 Å². The molecule has 4 rings (SSSR count). The van der Waals surface area contributed by atoms with E-state index in [4.69, 9.17) is 0 Å². The fourth-order valence-corrected chi connectivity index (χ4v) is 4.09. The first-order valence-electron chi connectivity index (χ1n) is 9.66. The van der Waals surface area contributed by atoms with Gasteiger partial charge in [0.25, 0.3) is 5.91 Å². The molecule has 0 bridgehead atoms. The Labute approximate surface area is 164 Å². The molecule has 0 radical (unpaired) electrons. The average Bonchev–Trinajstić information content (AvgIpc) is 2.97. The standard InChI is InChI=1S/C22H24FN3O2/c1-16-5-4-6-17(13-16)15-24-9-11-25(12-10-24)20-14-21(27)26(22(20)28)19-8-3-2-7-18(19)23/h2-8,13,20H,9-12,14-15H2,1H3/t20-/m1/s1. The number of rotatable bonds is 4. The zero-order valence-electron chi connectivity index (χ0n) is 16.0. The highest BCUT2D eigenvalue weighted by Gasteiger charge is 2.44. The number of aryl methyl sites for hydroxylation is 1. The second-order valence-electron chi connectivity index (χ2n) is 7.54. The van der Waals surface area contributed by atoms with Crippen molar-refractivity contribution in [2.75, 3.05) is 31.1 Å². The molecule has 2 heterocycles. The lowest BCUT2D eigenvalue weighted by Crippen LogP contribution is -2.52. The predicted octanol–water partition coefficient (Wildman–Crippen LogP) is 2.58. The van der Waals surface area contributed by atoms with Crippen LogP contribution in [0.3, 0.4) is 0 Å². The largest absolute Gasteiger partial charge is 0.297 e. The molecule has 28 heavy (non-hydrogen) atoms. The lowest BCUT2D eigenvalue weighted by Gasteiger charge is -2.37. The van der Waals surface area contributed by atoms with Gasteiger partial charge >= 0.3 is 0 Å². The van der Waals surface area contributed by atoms with Crippen molar-refractivity contribution in [1.29, 1.82) is 0 Å². The van der Waals surface area contributed by atoms with Crippen LogP contribution in [0.1, 0.15) is 17.5 Å². The molecule has 2 saturated heterocycles. The number of imide groups is 1. The van der Waals surface area contributed by atoms with Gasteiger partial charge in [-0.2, -0.15) is 0 Å². The average molecular weight is 381 g/mol. The maximum absolute atomic E-state index is 14.1. The van der Waals surface area contributed by atoms with Gasteiger partial charge in [-0.25, -0.2) is 9.29 Å². The Balaban J connectivity index is 1.39. The molecule has 2 aromatic rings. The topological polar surface area (TPSA) is 43.9 Å². The van der Waals surface area contributed by atoms with E-state index in [0.717, 1.165) is 37.6 Å². The summed E-state index contributed by atoms with van der Waals surface area (Å²) >= 11 is 0. The SMILES string of the molecule is Cc1cccc(CN2CCN([C@@H]3CC(=O)N(c4ccccc4F)C3=O)CC2)c1. The summed E-state index contributed by atoms with van der Waals surface area (Å²) in [4.78, 5) is 30.7. The Morgan fingerprint density at radius 3 is 2.46 bits per heavy atom. The van der Waals surface area contributed by atoms with Crippen molar-refractivity contribution in [1.82, 2.24) is 9.80 Å². The van der Waals surface area contributed by atoms with Crippen molar-refractivity contribution in [2.45, 2.75) is 25.9 Å². The summed E-state index contributed by atoms with van der Waals surface area (Å²) in [6.45, 7) is 6.10. The number of amides is 2. The summed E-state index contributed by atoms with van der Waals surface area (Å²) in [5, 5.41) is 0. The Kier molecular flexibility index (Phi) is 5.24. The summed E-state index contributed by atoms with van der Waals surface area (Å²) < 4.78 is 14.1. The van der Waals surface area contributed by atoms with Crippen LogP contribution in [0.15, 0.2) is 48.5 Å². The zero-order valence-corrected chi connectivity index (χ0v) is 16.0. The van der Waals surface area contributed by atoms with Gasteiger partial charge < -0.3 is 0 Å². The minimum absolute atomic E-state index is 0.0538. The van der Waals surface area contributed by atoms with E-state index in [2.05, 4.69) is 41.0 Å². The monoisotopic (exact) mass is 381 g/mol. The molecule has 146 valence electrons. The third kappa shape index (κ3) is 3.70. The zero-order chi connectivity index (χ0) is 19.7. The molecular formula is C22H24FN3O2. The summed E-state index contributed by atoms with van der Waals surface area (Å²) in [5.74, 6) is -1.20. The third-order valence-corrected chi connectivity index (χ3v) is 5.55. The van der Waals surface area contributed by atoms with Crippen LogP contribution in [0.5, 0.6) is 0 Å².